The highest BCUT2D eigenvalue weighted by atomic mass is 16.5. The van der Waals surface area contributed by atoms with E-state index in [0.29, 0.717) is 29.7 Å². The summed E-state index contributed by atoms with van der Waals surface area (Å²) in [5.74, 6) is 0.505. The monoisotopic (exact) mass is 382 g/mol. The maximum Gasteiger partial charge on any atom is 0.272 e. The van der Waals surface area contributed by atoms with Gasteiger partial charge in [-0.3, -0.25) is 9.78 Å². The SMILES string of the molecule is COCC(C)(C)NC(=O)c1cc(-c2ccccn2)n(-c2ccc(OC)nn2)n1. The lowest BCUT2D eigenvalue weighted by Crippen LogP contribution is -2.46. The van der Waals surface area contributed by atoms with Gasteiger partial charge in [0.25, 0.3) is 5.91 Å². The summed E-state index contributed by atoms with van der Waals surface area (Å²) >= 11 is 0. The maximum atomic E-state index is 12.7. The van der Waals surface area contributed by atoms with Crippen molar-refractivity contribution in [1.29, 1.82) is 0 Å². The van der Waals surface area contributed by atoms with Crippen LogP contribution in [-0.2, 0) is 4.74 Å². The van der Waals surface area contributed by atoms with Crippen molar-refractivity contribution < 1.29 is 14.3 Å². The van der Waals surface area contributed by atoms with Gasteiger partial charge in [-0.15, -0.1) is 10.2 Å². The van der Waals surface area contributed by atoms with E-state index < -0.39 is 5.54 Å². The van der Waals surface area contributed by atoms with Crippen LogP contribution in [0.5, 0.6) is 5.88 Å². The van der Waals surface area contributed by atoms with Gasteiger partial charge in [0, 0.05) is 19.4 Å². The van der Waals surface area contributed by atoms with Gasteiger partial charge in [-0.25, -0.2) is 4.68 Å². The molecule has 0 saturated heterocycles. The van der Waals surface area contributed by atoms with Gasteiger partial charge in [-0.05, 0) is 38.1 Å². The summed E-state index contributed by atoms with van der Waals surface area (Å²) < 4.78 is 11.7. The number of methoxy groups -OCH3 is 2. The summed E-state index contributed by atoms with van der Waals surface area (Å²) in [5, 5.41) is 15.5. The van der Waals surface area contributed by atoms with E-state index in [9.17, 15) is 4.79 Å². The molecule has 28 heavy (non-hydrogen) atoms. The van der Waals surface area contributed by atoms with Gasteiger partial charge in [0.1, 0.15) is 0 Å². The predicted octanol–water partition coefficient (Wildman–Crippen LogP) is 1.89. The first kappa shape index (κ1) is 19.4. The number of amides is 1. The molecule has 0 aliphatic heterocycles. The molecule has 9 heteroatoms. The van der Waals surface area contributed by atoms with Crippen LogP contribution in [0, 0.1) is 0 Å². The Labute approximate surface area is 162 Å². The van der Waals surface area contributed by atoms with Crippen molar-refractivity contribution in [1.82, 2.24) is 30.3 Å². The number of carbonyl (C=O) groups is 1. The fraction of sp³-hybridized carbons (Fsp3) is 0.316. The van der Waals surface area contributed by atoms with E-state index in [1.165, 1.54) is 11.8 Å². The van der Waals surface area contributed by atoms with Crippen LogP contribution in [-0.4, -0.2) is 57.2 Å². The molecule has 1 amide bonds. The second-order valence-corrected chi connectivity index (χ2v) is 6.75. The van der Waals surface area contributed by atoms with E-state index in [4.69, 9.17) is 9.47 Å². The molecule has 3 rings (SSSR count). The predicted molar refractivity (Wildman–Crippen MR) is 102 cm³/mol. The smallest absolute Gasteiger partial charge is 0.272 e. The van der Waals surface area contributed by atoms with Crippen LogP contribution in [0.15, 0.2) is 42.6 Å². The van der Waals surface area contributed by atoms with Crippen molar-refractivity contribution in [3.63, 3.8) is 0 Å². The minimum absolute atomic E-state index is 0.238. The Balaban J connectivity index is 2.01. The van der Waals surface area contributed by atoms with E-state index in [2.05, 4.69) is 25.6 Å². The standard InChI is InChI=1S/C19H22N6O3/c1-19(2,12-27-3)21-18(26)14-11-15(13-7-5-6-10-20-13)25(24-14)16-8-9-17(28-4)23-22-16/h5-11H,12H2,1-4H3,(H,21,26). The van der Waals surface area contributed by atoms with Crippen LogP contribution in [0.1, 0.15) is 24.3 Å². The number of rotatable bonds is 7. The molecule has 0 radical (unpaired) electrons. The summed E-state index contributed by atoms with van der Waals surface area (Å²) in [4.78, 5) is 17.1. The van der Waals surface area contributed by atoms with E-state index in [1.807, 2.05) is 32.0 Å². The number of aromatic nitrogens is 5. The Bertz CT molecular complexity index is 938. The Hall–Kier alpha value is -3.33. The Morgan fingerprint density at radius 2 is 2.00 bits per heavy atom. The number of hydrogen-bond donors (Lipinski definition) is 1. The van der Waals surface area contributed by atoms with Crippen LogP contribution < -0.4 is 10.1 Å². The van der Waals surface area contributed by atoms with Crippen molar-refractivity contribution in [2.45, 2.75) is 19.4 Å². The zero-order chi connectivity index (χ0) is 20.1. The summed E-state index contributed by atoms with van der Waals surface area (Å²) in [5.41, 5.74) is 0.973. The molecule has 0 aliphatic rings. The molecule has 0 fully saturated rings. The number of hydrogen-bond acceptors (Lipinski definition) is 7. The molecule has 0 aliphatic carbocycles. The molecule has 0 spiro atoms. The fourth-order valence-corrected chi connectivity index (χ4v) is 2.67. The lowest BCUT2D eigenvalue weighted by atomic mass is 10.1. The molecule has 3 aromatic rings. The molecule has 0 unspecified atom stereocenters. The lowest BCUT2D eigenvalue weighted by Gasteiger charge is -2.24. The normalized spacial score (nSPS) is 11.3. The number of carbonyl (C=O) groups excluding carboxylic acids is 1. The summed E-state index contributed by atoms with van der Waals surface area (Å²) in [7, 11) is 3.10. The summed E-state index contributed by atoms with van der Waals surface area (Å²) in [6.07, 6.45) is 1.67. The minimum Gasteiger partial charge on any atom is -0.480 e. The first-order chi connectivity index (χ1) is 13.4. The van der Waals surface area contributed by atoms with E-state index >= 15 is 0 Å². The van der Waals surface area contributed by atoms with Crippen molar-refractivity contribution in [3.8, 4) is 23.1 Å². The highest BCUT2D eigenvalue weighted by molar-refractivity contribution is 5.94. The number of pyridine rings is 1. The summed E-state index contributed by atoms with van der Waals surface area (Å²) in [6, 6.07) is 10.6. The number of nitrogens with one attached hydrogen (secondary N) is 1. The van der Waals surface area contributed by atoms with Gasteiger partial charge in [0.05, 0.1) is 30.6 Å². The largest absolute Gasteiger partial charge is 0.480 e. The second kappa shape index (κ2) is 8.13. The van der Waals surface area contributed by atoms with Gasteiger partial charge >= 0.3 is 0 Å². The van der Waals surface area contributed by atoms with Gasteiger partial charge in [0.15, 0.2) is 11.5 Å². The van der Waals surface area contributed by atoms with Crippen molar-refractivity contribution in [2.75, 3.05) is 20.8 Å². The van der Waals surface area contributed by atoms with E-state index in [1.54, 1.807) is 31.5 Å². The first-order valence-electron chi connectivity index (χ1n) is 8.64. The zero-order valence-corrected chi connectivity index (χ0v) is 16.2. The molecule has 1 N–H and O–H groups in total. The Morgan fingerprint density at radius 1 is 1.18 bits per heavy atom. The topological polar surface area (TPSA) is 104 Å². The molecule has 0 aromatic carbocycles. The highest BCUT2D eigenvalue weighted by Gasteiger charge is 2.24. The zero-order valence-electron chi connectivity index (χ0n) is 16.2. The summed E-state index contributed by atoms with van der Waals surface area (Å²) in [6.45, 7) is 4.12. The Morgan fingerprint density at radius 3 is 2.61 bits per heavy atom. The first-order valence-corrected chi connectivity index (χ1v) is 8.64. The molecule has 146 valence electrons. The quantitative estimate of drug-likeness (QED) is 0.665. The van der Waals surface area contributed by atoms with Crippen LogP contribution in [0.2, 0.25) is 0 Å². The third-order valence-corrected chi connectivity index (χ3v) is 3.88. The number of nitrogens with zero attached hydrogens (tertiary/aromatic N) is 5. The molecule has 9 nitrogen and oxygen atoms in total. The second-order valence-electron chi connectivity index (χ2n) is 6.75. The average Bonchev–Trinajstić information content (AvgIpc) is 3.14. The molecular weight excluding hydrogens is 360 g/mol. The third-order valence-electron chi connectivity index (χ3n) is 3.88. The molecule has 3 aromatic heterocycles. The van der Waals surface area contributed by atoms with E-state index in [-0.39, 0.29) is 11.6 Å². The molecule has 0 saturated carbocycles. The van der Waals surface area contributed by atoms with Crippen molar-refractivity contribution in [3.05, 3.63) is 48.3 Å². The van der Waals surface area contributed by atoms with Gasteiger partial charge in [-0.1, -0.05) is 6.07 Å². The minimum atomic E-state index is -0.541. The van der Waals surface area contributed by atoms with Crippen LogP contribution in [0.25, 0.3) is 17.2 Å². The van der Waals surface area contributed by atoms with Crippen molar-refractivity contribution in [2.24, 2.45) is 0 Å². The van der Waals surface area contributed by atoms with Gasteiger partial charge in [0.2, 0.25) is 5.88 Å². The van der Waals surface area contributed by atoms with Crippen molar-refractivity contribution >= 4 is 5.91 Å². The fourth-order valence-electron chi connectivity index (χ4n) is 2.67. The van der Waals surface area contributed by atoms with Crippen LogP contribution in [0.4, 0.5) is 0 Å². The van der Waals surface area contributed by atoms with Crippen LogP contribution in [0.3, 0.4) is 0 Å². The van der Waals surface area contributed by atoms with E-state index in [0.717, 1.165) is 0 Å². The highest BCUT2D eigenvalue weighted by Crippen LogP contribution is 2.22. The maximum absolute atomic E-state index is 12.7. The third kappa shape index (κ3) is 4.32. The lowest BCUT2D eigenvalue weighted by molar-refractivity contribution is 0.0815. The number of ether oxygens (including phenoxy) is 2. The molecule has 3 heterocycles. The van der Waals surface area contributed by atoms with Crippen LogP contribution >= 0.6 is 0 Å². The van der Waals surface area contributed by atoms with Gasteiger partial charge in [-0.2, -0.15) is 5.10 Å². The van der Waals surface area contributed by atoms with Gasteiger partial charge < -0.3 is 14.8 Å². The molecular formula is C19H22N6O3. The average molecular weight is 382 g/mol. The molecule has 0 atom stereocenters. The molecule has 0 bridgehead atoms. The Kier molecular flexibility index (Phi) is 5.65.